The van der Waals surface area contributed by atoms with Crippen LogP contribution in [0.3, 0.4) is 0 Å². The van der Waals surface area contributed by atoms with E-state index in [1.807, 2.05) is 6.07 Å². The number of benzene rings is 1. The molecule has 3 N–H and O–H groups in total. The molecule has 0 aliphatic heterocycles. The molecule has 0 bridgehead atoms. The van der Waals surface area contributed by atoms with E-state index in [0.717, 1.165) is 23.7 Å². The molecule has 4 nitrogen and oxygen atoms in total. The average Bonchev–Trinajstić information content (AvgIpc) is 2.45. The molecule has 1 aromatic carbocycles. The molecule has 0 aliphatic carbocycles. The van der Waals surface area contributed by atoms with E-state index in [-0.39, 0.29) is 0 Å². The Kier molecular flexibility index (Phi) is 5.59. The lowest BCUT2D eigenvalue weighted by Gasteiger charge is -2.10. The first-order chi connectivity index (χ1) is 10.1. The van der Waals surface area contributed by atoms with Crippen molar-refractivity contribution in [2.45, 2.75) is 37.8 Å². The van der Waals surface area contributed by atoms with Gasteiger partial charge >= 0.3 is 0 Å². The van der Waals surface area contributed by atoms with Gasteiger partial charge in [-0.25, -0.2) is 15.8 Å². The zero-order valence-corrected chi connectivity index (χ0v) is 13.6. The Hall–Kier alpha value is -1.59. The minimum Gasteiger partial charge on any atom is -0.308 e. The molecule has 21 heavy (non-hydrogen) atoms. The van der Waals surface area contributed by atoms with Crippen LogP contribution >= 0.6 is 11.8 Å². The lowest BCUT2D eigenvalue weighted by atomic mass is 10.1. The van der Waals surface area contributed by atoms with Gasteiger partial charge in [0.1, 0.15) is 11.6 Å². The maximum absolute atomic E-state index is 5.50. The van der Waals surface area contributed by atoms with Gasteiger partial charge in [-0.2, -0.15) is 0 Å². The molecule has 0 unspecified atom stereocenters. The quantitative estimate of drug-likeness (QED) is 0.485. The molecule has 0 radical (unpaired) electrons. The second-order valence-corrected chi connectivity index (χ2v) is 6.47. The average molecular weight is 302 g/mol. The zero-order valence-electron chi connectivity index (χ0n) is 12.8. The normalized spacial score (nSPS) is 10.9. The Labute approximate surface area is 130 Å². The molecule has 112 valence electrons. The highest BCUT2D eigenvalue weighted by molar-refractivity contribution is 7.98. The molecule has 0 atom stereocenters. The standard InChI is InChI=1S/C16H22N4S/c1-11(2)8-13-9-15(20-17)19-16(18-13)10-21-14-7-5-4-6-12(14)3/h4-7,9,11H,8,10,17H2,1-3H3,(H,18,19,20). The summed E-state index contributed by atoms with van der Waals surface area (Å²) in [5.74, 6) is 8.30. The summed E-state index contributed by atoms with van der Waals surface area (Å²) in [5.41, 5.74) is 4.94. The van der Waals surface area contributed by atoms with Crippen LogP contribution in [0.1, 0.15) is 30.9 Å². The van der Waals surface area contributed by atoms with Gasteiger partial charge in [0, 0.05) is 16.7 Å². The number of nitrogens with two attached hydrogens (primary N) is 1. The van der Waals surface area contributed by atoms with Crippen LogP contribution in [-0.4, -0.2) is 9.97 Å². The summed E-state index contributed by atoms with van der Waals surface area (Å²) >= 11 is 1.75. The Balaban J connectivity index is 2.13. The van der Waals surface area contributed by atoms with Crippen molar-refractivity contribution in [1.29, 1.82) is 0 Å². The van der Waals surface area contributed by atoms with Gasteiger partial charge in [0.05, 0.1) is 5.75 Å². The highest BCUT2D eigenvalue weighted by Crippen LogP contribution is 2.25. The molecule has 0 fully saturated rings. The minimum absolute atomic E-state index is 0.558. The zero-order chi connectivity index (χ0) is 15.2. The molecule has 5 heteroatoms. The van der Waals surface area contributed by atoms with Crippen molar-refractivity contribution in [3.63, 3.8) is 0 Å². The monoisotopic (exact) mass is 302 g/mol. The number of rotatable bonds is 6. The van der Waals surface area contributed by atoms with E-state index in [1.165, 1.54) is 10.5 Å². The van der Waals surface area contributed by atoms with Crippen molar-refractivity contribution in [3.8, 4) is 0 Å². The van der Waals surface area contributed by atoms with E-state index in [1.54, 1.807) is 11.8 Å². The first-order valence-electron chi connectivity index (χ1n) is 7.10. The first kappa shape index (κ1) is 15.8. The number of hydrogen-bond donors (Lipinski definition) is 2. The van der Waals surface area contributed by atoms with Gasteiger partial charge in [-0.15, -0.1) is 11.8 Å². The van der Waals surface area contributed by atoms with Crippen molar-refractivity contribution in [2.75, 3.05) is 5.43 Å². The third kappa shape index (κ3) is 4.72. The summed E-state index contributed by atoms with van der Waals surface area (Å²) < 4.78 is 0. The predicted octanol–water partition coefficient (Wildman–Crippen LogP) is 3.56. The van der Waals surface area contributed by atoms with Crippen molar-refractivity contribution < 1.29 is 0 Å². The van der Waals surface area contributed by atoms with Gasteiger partial charge in [0.25, 0.3) is 0 Å². The van der Waals surface area contributed by atoms with Crippen molar-refractivity contribution in [1.82, 2.24) is 9.97 Å². The van der Waals surface area contributed by atoms with Crippen LogP contribution in [0.15, 0.2) is 35.2 Å². The Bertz CT molecular complexity index is 599. The smallest absolute Gasteiger partial charge is 0.143 e. The SMILES string of the molecule is Cc1ccccc1SCc1nc(CC(C)C)cc(NN)n1. The Morgan fingerprint density at radius 2 is 2.00 bits per heavy atom. The lowest BCUT2D eigenvalue weighted by molar-refractivity contribution is 0.632. The van der Waals surface area contributed by atoms with E-state index in [9.17, 15) is 0 Å². The van der Waals surface area contributed by atoms with Crippen LogP contribution in [0.2, 0.25) is 0 Å². The molecule has 0 saturated heterocycles. The van der Waals surface area contributed by atoms with Crippen LogP contribution in [0.5, 0.6) is 0 Å². The van der Waals surface area contributed by atoms with Crippen LogP contribution in [0.4, 0.5) is 5.82 Å². The van der Waals surface area contributed by atoms with Gasteiger partial charge in [-0.3, -0.25) is 0 Å². The molecule has 0 amide bonds. The first-order valence-corrected chi connectivity index (χ1v) is 8.09. The molecule has 1 aromatic heterocycles. The Morgan fingerprint density at radius 1 is 1.24 bits per heavy atom. The van der Waals surface area contributed by atoms with Crippen LogP contribution in [0, 0.1) is 12.8 Å². The number of aryl methyl sites for hydroxylation is 1. The topological polar surface area (TPSA) is 63.8 Å². The lowest BCUT2D eigenvalue weighted by Crippen LogP contribution is -2.12. The van der Waals surface area contributed by atoms with Gasteiger partial charge in [0.15, 0.2) is 0 Å². The van der Waals surface area contributed by atoms with E-state index in [2.05, 4.69) is 60.4 Å². The third-order valence-electron chi connectivity index (χ3n) is 3.04. The molecule has 0 saturated carbocycles. The van der Waals surface area contributed by atoms with E-state index in [4.69, 9.17) is 5.84 Å². The summed E-state index contributed by atoms with van der Waals surface area (Å²) in [6.07, 6.45) is 0.930. The van der Waals surface area contributed by atoms with E-state index in [0.29, 0.717) is 11.7 Å². The third-order valence-corrected chi connectivity index (χ3v) is 4.21. The van der Waals surface area contributed by atoms with Crippen LogP contribution < -0.4 is 11.3 Å². The summed E-state index contributed by atoms with van der Waals surface area (Å²) in [7, 11) is 0. The number of nitrogen functional groups attached to an aromatic ring is 1. The fourth-order valence-corrected chi connectivity index (χ4v) is 2.96. The second kappa shape index (κ2) is 7.43. The van der Waals surface area contributed by atoms with Gasteiger partial charge in [-0.05, 0) is 30.9 Å². The fourth-order valence-electron chi connectivity index (χ4n) is 2.07. The molecule has 1 heterocycles. The molecule has 2 rings (SSSR count). The summed E-state index contributed by atoms with van der Waals surface area (Å²) in [4.78, 5) is 10.3. The minimum atomic E-state index is 0.558. The maximum atomic E-state index is 5.50. The summed E-state index contributed by atoms with van der Waals surface area (Å²) in [5, 5.41) is 0. The molecular weight excluding hydrogens is 280 g/mol. The number of anilines is 1. The summed E-state index contributed by atoms with van der Waals surface area (Å²) in [6, 6.07) is 10.3. The highest BCUT2D eigenvalue weighted by Gasteiger charge is 2.07. The number of nitrogens with zero attached hydrogens (tertiary/aromatic N) is 2. The summed E-state index contributed by atoms with van der Waals surface area (Å²) in [6.45, 7) is 6.48. The second-order valence-electron chi connectivity index (χ2n) is 5.46. The number of aromatic nitrogens is 2. The van der Waals surface area contributed by atoms with Gasteiger partial charge in [0.2, 0.25) is 0 Å². The number of nitrogens with one attached hydrogen (secondary N) is 1. The molecular formula is C16H22N4S. The predicted molar refractivity (Wildman–Crippen MR) is 89.1 cm³/mol. The molecule has 0 aliphatic rings. The van der Waals surface area contributed by atoms with Crippen molar-refractivity contribution in [2.24, 2.45) is 11.8 Å². The van der Waals surface area contributed by atoms with Gasteiger partial charge < -0.3 is 5.43 Å². The highest BCUT2D eigenvalue weighted by atomic mass is 32.2. The van der Waals surface area contributed by atoms with Crippen LogP contribution in [-0.2, 0) is 12.2 Å². The number of hydrogen-bond acceptors (Lipinski definition) is 5. The van der Waals surface area contributed by atoms with E-state index >= 15 is 0 Å². The van der Waals surface area contributed by atoms with E-state index < -0.39 is 0 Å². The molecule has 2 aromatic rings. The largest absolute Gasteiger partial charge is 0.308 e. The van der Waals surface area contributed by atoms with Crippen LogP contribution in [0.25, 0.3) is 0 Å². The number of hydrazine groups is 1. The maximum Gasteiger partial charge on any atom is 0.143 e. The van der Waals surface area contributed by atoms with Crippen molar-refractivity contribution >= 4 is 17.6 Å². The van der Waals surface area contributed by atoms with Gasteiger partial charge in [-0.1, -0.05) is 32.0 Å². The fraction of sp³-hybridized carbons (Fsp3) is 0.375. The van der Waals surface area contributed by atoms with Crippen molar-refractivity contribution in [3.05, 3.63) is 47.4 Å². The Morgan fingerprint density at radius 3 is 2.67 bits per heavy atom. The molecule has 0 spiro atoms. The number of thioether (sulfide) groups is 1.